The van der Waals surface area contributed by atoms with Gasteiger partial charge in [0, 0.05) is 19.9 Å². The second-order valence-corrected chi connectivity index (χ2v) is 5.98. The van der Waals surface area contributed by atoms with Gasteiger partial charge in [-0.15, -0.1) is 0 Å². The van der Waals surface area contributed by atoms with Crippen LogP contribution in [0.3, 0.4) is 0 Å². The van der Waals surface area contributed by atoms with Crippen molar-refractivity contribution in [2.24, 2.45) is 0 Å². The van der Waals surface area contributed by atoms with Crippen LogP contribution in [0.25, 0.3) is 0 Å². The number of halogens is 1. The second kappa shape index (κ2) is 8.50. The highest BCUT2D eigenvalue weighted by atomic mass is 35.5. The van der Waals surface area contributed by atoms with Gasteiger partial charge in [0.25, 0.3) is 0 Å². The molecule has 0 bridgehead atoms. The molecule has 0 saturated heterocycles. The number of carbonyl (C=O) groups excluding carboxylic acids is 2. The van der Waals surface area contributed by atoms with E-state index in [0.717, 1.165) is 5.56 Å². The zero-order valence-electron chi connectivity index (χ0n) is 13.8. The Morgan fingerprint density at radius 3 is 2.33 bits per heavy atom. The summed E-state index contributed by atoms with van der Waals surface area (Å²) in [6.07, 6.45) is 0.210. The number of anilines is 1. The average Bonchev–Trinajstić information content (AvgIpc) is 2.57. The lowest BCUT2D eigenvalue weighted by atomic mass is 10.1. The molecule has 1 N–H and O–H groups in total. The number of benzene rings is 2. The Morgan fingerprint density at radius 1 is 1.08 bits per heavy atom. The molecule has 0 aliphatic rings. The van der Waals surface area contributed by atoms with Crippen LogP contribution in [0.5, 0.6) is 0 Å². The van der Waals surface area contributed by atoms with Gasteiger partial charge in [0.1, 0.15) is 0 Å². The fourth-order valence-electron chi connectivity index (χ4n) is 2.53. The molecule has 2 amide bonds. The van der Waals surface area contributed by atoms with E-state index >= 15 is 0 Å². The molecule has 0 fully saturated rings. The molecule has 126 valence electrons. The van der Waals surface area contributed by atoms with Crippen molar-refractivity contribution in [3.8, 4) is 0 Å². The van der Waals surface area contributed by atoms with E-state index < -0.39 is 0 Å². The lowest BCUT2D eigenvalue weighted by Gasteiger charge is -2.28. The highest BCUT2D eigenvalue weighted by Gasteiger charge is 2.19. The molecule has 0 aromatic heterocycles. The standard InChI is InChI=1S/C19H21ClN2O2/c1-14(16-8-4-3-5-9-16)22(15(2)23)13-12-19(24)21-18-11-7-6-10-17(18)20/h3-11,14H,12-13H2,1-2H3,(H,21,24). The number of amides is 2. The molecule has 4 nitrogen and oxygen atoms in total. The molecule has 0 spiro atoms. The minimum Gasteiger partial charge on any atom is -0.336 e. The van der Waals surface area contributed by atoms with E-state index in [9.17, 15) is 9.59 Å². The topological polar surface area (TPSA) is 49.4 Å². The van der Waals surface area contributed by atoms with Crippen molar-refractivity contribution in [2.45, 2.75) is 26.3 Å². The lowest BCUT2D eigenvalue weighted by molar-refractivity contribution is -0.131. The monoisotopic (exact) mass is 344 g/mol. The van der Waals surface area contributed by atoms with Crippen molar-refractivity contribution in [3.05, 3.63) is 65.2 Å². The fourth-order valence-corrected chi connectivity index (χ4v) is 2.72. The maximum atomic E-state index is 12.1. The summed E-state index contributed by atoms with van der Waals surface area (Å²) < 4.78 is 0. The Morgan fingerprint density at radius 2 is 1.71 bits per heavy atom. The molecule has 24 heavy (non-hydrogen) atoms. The molecule has 2 rings (SSSR count). The molecular formula is C19H21ClN2O2. The highest BCUT2D eigenvalue weighted by Crippen LogP contribution is 2.22. The normalized spacial score (nSPS) is 11.6. The van der Waals surface area contributed by atoms with Crippen LogP contribution in [0.2, 0.25) is 5.02 Å². The van der Waals surface area contributed by atoms with Crippen LogP contribution in [0.15, 0.2) is 54.6 Å². The van der Waals surface area contributed by atoms with Crippen LogP contribution < -0.4 is 5.32 Å². The van der Waals surface area contributed by atoms with Gasteiger partial charge in [-0.25, -0.2) is 0 Å². The molecule has 1 unspecified atom stereocenters. The Hall–Kier alpha value is -2.33. The van der Waals surface area contributed by atoms with Gasteiger partial charge in [-0.3, -0.25) is 9.59 Å². The van der Waals surface area contributed by atoms with Crippen LogP contribution in [0, 0.1) is 0 Å². The zero-order chi connectivity index (χ0) is 17.5. The van der Waals surface area contributed by atoms with Crippen LogP contribution in [0.4, 0.5) is 5.69 Å². The third-order valence-corrected chi connectivity index (χ3v) is 4.21. The Labute approximate surface area is 147 Å². The minimum atomic E-state index is -0.172. The maximum absolute atomic E-state index is 12.1. The summed E-state index contributed by atoms with van der Waals surface area (Å²) in [6, 6.07) is 16.8. The first-order valence-corrected chi connectivity index (χ1v) is 8.23. The molecule has 2 aromatic rings. The molecular weight excluding hydrogens is 324 g/mol. The average molecular weight is 345 g/mol. The van der Waals surface area contributed by atoms with Gasteiger partial charge in [-0.1, -0.05) is 54.1 Å². The van der Waals surface area contributed by atoms with E-state index in [1.54, 1.807) is 29.2 Å². The number of rotatable bonds is 6. The number of nitrogens with zero attached hydrogens (tertiary/aromatic N) is 1. The predicted molar refractivity (Wildman–Crippen MR) is 96.9 cm³/mol. The van der Waals surface area contributed by atoms with E-state index in [1.165, 1.54) is 6.92 Å². The minimum absolute atomic E-state index is 0.0584. The number of hydrogen-bond donors (Lipinski definition) is 1. The van der Waals surface area contributed by atoms with Gasteiger partial charge in [-0.2, -0.15) is 0 Å². The summed E-state index contributed by atoms with van der Waals surface area (Å²) in [5.74, 6) is -0.230. The van der Waals surface area contributed by atoms with Crippen LogP contribution in [-0.4, -0.2) is 23.3 Å². The third-order valence-electron chi connectivity index (χ3n) is 3.88. The predicted octanol–water partition coefficient (Wildman–Crippen LogP) is 4.28. The Kier molecular flexibility index (Phi) is 6.38. The highest BCUT2D eigenvalue weighted by molar-refractivity contribution is 6.33. The fraction of sp³-hybridized carbons (Fsp3) is 0.263. The summed E-state index contributed by atoms with van der Waals surface area (Å²) in [6.45, 7) is 3.83. The van der Waals surface area contributed by atoms with Crippen LogP contribution >= 0.6 is 11.6 Å². The lowest BCUT2D eigenvalue weighted by Crippen LogP contribution is -2.34. The molecule has 0 aliphatic heterocycles. The number of nitrogens with one attached hydrogen (secondary N) is 1. The summed E-state index contributed by atoms with van der Waals surface area (Å²) in [4.78, 5) is 25.8. The van der Waals surface area contributed by atoms with Gasteiger partial charge in [0.05, 0.1) is 16.8 Å². The van der Waals surface area contributed by atoms with E-state index in [1.807, 2.05) is 37.3 Å². The van der Waals surface area contributed by atoms with Crippen molar-refractivity contribution in [3.63, 3.8) is 0 Å². The molecule has 1 atom stereocenters. The number of carbonyl (C=O) groups is 2. The quantitative estimate of drug-likeness (QED) is 0.850. The van der Waals surface area contributed by atoms with Gasteiger partial charge in [0.15, 0.2) is 0 Å². The van der Waals surface area contributed by atoms with E-state index in [2.05, 4.69) is 5.32 Å². The van der Waals surface area contributed by atoms with Gasteiger partial charge < -0.3 is 10.2 Å². The van der Waals surface area contributed by atoms with Gasteiger partial charge >= 0.3 is 0 Å². The van der Waals surface area contributed by atoms with Gasteiger partial charge in [0.2, 0.25) is 11.8 Å². The SMILES string of the molecule is CC(=O)N(CCC(=O)Nc1ccccc1Cl)C(C)c1ccccc1. The van der Waals surface area contributed by atoms with Crippen LogP contribution in [-0.2, 0) is 9.59 Å². The van der Waals surface area contributed by atoms with Crippen molar-refractivity contribution in [2.75, 3.05) is 11.9 Å². The molecule has 0 radical (unpaired) electrons. The first-order valence-electron chi connectivity index (χ1n) is 7.85. The van der Waals surface area contributed by atoms with E-state index in [-0.39, 0.29) is 24.3 Å². The Bertz CT molecular complexity index is 704. The molecule has 0 saturated carbocycles. The van der Waals surface area contributed by atoms with Crippen molar-refractivity contribution < 1.29 is 9.59 Å². The summed E-state index contributed by atoms with van der Waals surface area (Å²) >= 11 is 6.03. The summed E-state index contributed by atoms with van der Waals surface area (Å²) in [7, 11) is 0. The van der Waals surface area contributed by atoms with E-state index in [0.29, 0.717) is 17.3 Å². The first-order chi connectivity index (χ1) is 11.5. The zero-order valence-corrected chi connectivity index (χ0v) is 14.6. The molecule has 2 aromatic carbocycles. The Balaban J connectivity index is 1.98. The van der Waals surface area contributed by atoms with Gasteiger partial charge in [-0.05, 0) is 24.6 Å². The van der Waals surface area contributed by atoms with E-state index in [4.69, 9.17) is 11.6 Å². The maximum Gasteiger partial charge on any atom is 0.226 e. The largest absolute Gasteiger partial charge is 0.336 e. The van der Waals surface area contributed by atoms with Crippen LogP contribution in [0.1, 0.15) is 31.9 Å². The second-order valence-electron chi connectivity index (χ2n) is 5.58. The molecule has 0 heterocycles. The first kappa shape index (κ1) is 18.0. The van der Waals surface area contributed by atoms with Crippen molar-refractivity contribution in [1.29, 1.82) is 0 Å². The molecule has 5 heteroatoms. The third kappa shape index (κ3) is 4.83. The van der Waals surface area contributed by atoms with Crippen molar-refractivity contribution >= 4 is 29.1 Å². The number of para-hydroxylation sites is 1. The number of hydrogen-bond acceptors (Lipinski definition) is 2. The summed E-state index contributed by atoms with van der Waals surface area (Å²) in [5.41, 5.74) is 1.62. The molecule has 0 aliphatic carbocycles. The smallest absolute Gasteiger partial charge is 0.226 e. The summed E-state index contributed by atoms with van der Waals surface area (Å²) in [5, 5.41) is 3.27. The van der Waals surface area contributed by atoms with Crippen molar-refractivity contribution in [1.82, 2.24) is 4.90 Å².